The Hall–Kier alpha value is -2.57. The van der Waals surface area contributed by atoms with Gasteiger partial charge in [-0.3, -0.25) is 14.5 Å². The van der Waals surface area contributed by atoms with Crippen LogP contribution < -0.4 is 15.4 Å². The molecule has 3 rings (SSSR count). The van der Waals surface area contributed by atoms with E-state index in [1.54, 1.807) is 19.2 Å². The van der Waals surface area contributed by atoms with Gasteiger partial charge < -0.3 is 15.4 Å². The minimum Gasteiger partial charge on any atom is -0.497 e. The molecule has 152 valence electrons. The van der Waals surface area contributed by atoms with Gasteiger partial charge in [-0.05, 0) is 37.0 Å². The molecule has 4 amide bonds. The number of hydrogen-bond acceptors (Lipinski definition) is 4. The third-order valence-corrected chi connectivity index (χ3v) is 5.49. The van der Waals surface area contributed by atoms with E-state index in [9.17, 15) is 14.4 Å². The van der Waals surface area contributed by atoms with Crippen molar-refractivity contribution in [2.24, 2.45) is 0 Å². The summed E-state index contributed by atoms with van der Waals surface area (Å²) in [5.74, 6) is 0.407. The SMILES string of the molecule is COc1ccc(CN2C(=O)NC(CCC(=O)NC3CCCCCC3)C2=O)cc1. The molecule has 1 aromatic rings. The topological polar surface area (TPSA) is 87.7 Å². The molecule has 1 aliphatic carbocycles. The van der Waals surface area contributed by atoms with Gasteiger partial charge in [-0.1, -0.05) is 37.8 Å². The van der Waals surface area contributed by atoms with E-state index >= 15 is 0 Å². The number of nitrogens with zero attached hydrogens (tertiary/aromatic N) is 1. The Kier molecular flexibility index (Phi) is 6.90. The van der Waals surface area contributed by atoms with Crippen LogP contribution in [0.2, 0.25) is 0 Å². The molecule has 1 heterocycles. The number of carbonyl (C=O) groups excluding carboxylic acids is 3. The van der Waals surface area contributed by atoms with Crippen LogP contribution in [0.3, 0.4) is 0 Å². The molecule has 0 spiro atoms. The van der Waals surface area contributed by atoms with Gasteiger partial charge in [0.15, 0.2) is 0 Å². The molecule has 1 unspecified atom stereocenters. The predicted octanol–water partition coefficient (Wildman–Crippen LogP) is 2.73. The normalized spacial score (nSPS) is 20.6. The number of carbonyl (C=O) groups is 3. The summed E-state index contributed by atoms with van der Waals surface area (Å²) in [4.78, 5) is 38.2. The predicted molar refractivity (Wildman–Crippen MR) is 105 cm³/mol. The number of nitrogens with one attached hydrogen (secondary N) is 2. The lowest BCUT2D eigenvalue weighted by molar-refractivity contribution is -0.128. The highest BCUT2D eigenvalue weighted by atomic mass is 16.5. The maximum atomic E-state index is 12.6. The quantitative estimate of drug-likeness (QED) is 0.556. The number of hydrogen-bond donors (Lipinski definition) is 2. The van der Waals surface area contributed by atoms with E-state index in [1.807, 2.05) is 12.1 Å². The summed E-state index contributed by atoms with van der Waals surface area (Å²) in [7, 11) is 1.59. The lowest BCUT2D eigenvalue weighted by Crippen LogP contribution is -2.36. The fourth-order valence-corrected chi connectivity index (χ4v) is 3.83. The monoisotopic (exact) mass is 387 g/mol. The van der Waals surface area contributed by atoms with Crippen molar-refractivity contribution in [2.45, 2.75) is 70.0 Å². The second kappa shape index (κ2) is 9.57. The van der Waals surface area contributed by atoms with Crippen molar-refractivity contribution >= 4 is 17.8 Å². The third kappa shape index (κ3) is 5.24. The van der Waals surface area contributed by atoms with Gasteiger partial charge in [0.2, 0.25) is 5.91 Å². The Labute approximate surface area is 165 Å². The van der Waals surface area contributed by atoms with Crippen LogP contribution >= 0.6 is 0 Å². The number of benzene rings is 1. The molecule has 2 N–H and O–H groups in total. The first-order valence-electron chi connectivity index (χ1n) is 10.1. The van der Waals surface area contributed by atoms with Crippen molar-refractivity contribution in [2.75, 3.05) is 7.11 Å². The number of urea groups is 1. The molecular formula is C21H29N3O4. The Bertz CT molecular complexity index is 696. The van der Waals surface area contributed by atoms with Gasteiger partial charge in [0.05, 0.1) is 13.7 Å². The molecule has 0 bridgehead atoms. The van der Waals surface area contributed by atoms with E-state index in [1.165, 1.54) is 17.7 Å². The Morgan fingerprint density at radius 1 is 1.14 bits per heavy atom. The second-order valence-electron chi connectivity index (χ2n) is 7.57. The van der Waals surface area contributed by atoms with Gasteiger partial charge in [-0.2, -0.15) is 0 Å². The van der Waals surface area contributed by atoms with Crippen LogP contribution in [0.25, 0.3) is 0 Å². The third-order valence-electron chi connectivity index (χ3n) is 5.49. The van der Waals surface area contributed by atoms with Crippen LogP contribution in [-0.4, -0.2) is 41.9 Å². The molecule has 2 aliphatic rings. The van der Waals surface area contributed by atoms with Crippen molar-refractivity contribution in [1.29, 1.82) is 0 Å². The largest absolute Gasteiger partial charge is 0.497 e. The van der Waals surface area contributed by atoms with Crippen LogP contribution in [-0.2, 0) is 16.1 Å². The molecule has 1 aromatic carbocycles. The molecule has 0 radical (unpaired) electrons. The summed E-state index contributed by atoms with van der Waals surface area (Å²) >= 11 is 0. The number of amides is 4. The fourth-order valence-electron chi connectivity index (χ4n) is 3.83. The molecule has 1 saturated heterocycles. The molecule has 1 atom stereocenters. The van der Waals surface area contributed by atoms with E-state index in [2.05, 4.69) is 10.6 Å². The van der Waals surface area contributed by atoms with Crippen molar-refractivity contribution in [3.63, 3.8) is 0 Å². The molecule has 7 nitrogen and oxygen atoms in total. The first-order chi connectivity index (χ1) is 13.6. The summed E-state index contributed by atoms with van der Waals surface area (Å²) in [5.41, 5.74) is 0.844. The smallest absolute Gasteiger partial charge is 0.325 e. The van der Waals surface area contributed by atoms with Crippen molar-refractivity contribution in [1.82, 2.24) is 15.5 Å². The van der Waals surface area contributed by atoms with Crippen molar-refractivity contribution < 1.29 is 19.1 Å². The first kappa shape index (κ1) is 20.2. The maximum Gasteiger partial charge on any atom is 0.325 e. The summed E-state index contributed by atoms with van der Waals surface area (Å²) < 4.78 is 5.12. The van der Waals surface area contributed by atoms with Crippen molar-refractivity contribution in [3.05, 3.63) is 29.8 Å². The number of imide groups is 1. The van der Waals surface area contributed by atoms with Gasteiger partial charge in [-0.15, -0.1) is 0 Å². The van der Waals surface area contributed by atoms with Gasteiger partial charge >= 0.3 is 6.03 Å². The zero-order valence-electron chi connectivity index (χ0n) is 16.4. The highest BCUT2D eigenvalue weighted by Crippen LogP contribution is 2.19. The van der Waals surface area contributed by atoms with Crippen LogP contribution in [0.15, 0.2) is 24.3 Å². The van der Waals surface area contributed by atoms with Gasteiger partial charge in [-0.25, -0.2) is 4.79 Å². The first-order valence-corrected chi connectivity index (χ1v) is 10.1. The van der Waals surface area contributed by atoms with E-state index in [-0.39, 0.29) is 30.8 Å². The van der Waals surface area contributed by atoms with Gasteiger partial charge in [0.25, 0.3) is 5.91 Å². The average molecular weight is 387 g/mol. The lowest BCUT2D eigenvalue weighted by atomic mass is 10.1. The highest BCUT2D eigenvalue weighted by molar-refractivity contribution is 6.04. The second-order valence-corrected chi connectivity index (χ2v) is 7.57. The van der Waals surface area contributed by atoms with Crippen molar-refractivity contribution in [3.8, 4) is 5.75 Å². The highest BCUT2D eigenvalue weighted by Gasteiger charge is 2.37. The minimum atomic E-state index is -0.634. The zero-order valence-corrected chi connectivity index (χ0v) is 16.4. The Morgan fingerprint density at radius 2 is 1.82 bits per heavy atom. The number of ether oxygens (including phenoxy) is 1. The minimum absolute atomic E-state index is 0.0393. The molecule has 7 heteroatoms. The van der Waals surface area contributed by atoms with Crippen LogP contribution in [0.1, 0.15) is 56.9 Å². The average Bonchev–Trinajstić information content (AvgIpc) is 2.86. The molecule has 0 aromatic heterocycles. The van der Waals surface area contributed by atoms with Crippen LogP contribution in [0, 0.1) is 0 Å². The molecule has 2 fully saturated rings. The summed E-state index contributed by atoms with van der Waals surface area (Å²) in [6, 6.07) is 6.45. The summed E-state index contributed by atoms with van der Waals surface area (Å²) in [6.45, 7) is 0.208. The molecular weight excluding hydrogens is 358 g/mol. The number of rotatable bonds is 7. The van der Waals surface area contributed by atoms with E-state index < -0.39 is 12.1 Å². The number of methoxy groups -OCH3 is 1. The van der Waals surface area contributed by atoms with Crippen LogP contribution in [0.4, 0.5) is 4.79 Å². The summed E-state index contributed by atoms with van der Waals surface area (Å²) in [5, 5.41) is 5.78. The lowest BCUT2D eigenvalue weighted by Gasteiger charge is -2.17. The summed E-state index contributed by atoms with van der Waals surface area (Å²) in [6.07, 6.45) is 7.40. The molecule has 1 saturated carbocycles. The van der Waals surface area contributed by atoms with Gasteiger partial charge in [0.1, 0.15) is 11.8 Å². The van der Waals surface area contributed by atoms with E-state index in [0.29, 0.717) is 6.42 Å². The zero-order chi connectivity index (χ0) is 19.9. The standard InChI is InChI=1S/C21H29N3O4/c1-28-17-10-8-15(9-11-17)14-24-20(26)18(23-21(24)27)12-13-19(25)22-16-6-4-2-3-5-7-16/h8-11,16,18H,2-7,12-14H2,1H3,(H,22,25)(H,23,27). The maximum absolute atomic E-state index is 12.6. The Balaban J connectivity index is 1.47. The fraction of sp³-hybridized carbons (Fsp3) is 0.571. The Morgan fingerprint density at radius 3 is 2.46 bits per heavy atom. The molecule has 1 aliphatic heterocycles. The van der Waals surface area contributed by atoms with Gasteiger partial charge in [0, 0.05) is 12.5 Å². The van der Waals surface area contributed by atoms with E-state index in [4.69, 9.17) is 4.74 Å². The van der Waals surface area contributed by atoms with E-state index in [0.717, 1.165) is 37.0 Å². The van der Waals surface area contributed by atoms with Crippen LogP contribution in [0.5, 0.6) is 5.75 Å². The molecule has 28 heavy (non-hydrogen) atoms.